The van der Waals surface area contributed by atoms with Gasteiger partial charge in [0.1, 0.15) is 0 Å². The Morgan fingerprint density at radius 3 is 1.63 bits per heavy atom. The van der Waals surface area contributed by atoms with E-state index in [4.69, 9.17) is 0 Å². The molecule has 1 heteroatoms. The maximum absolute atomic E-state index is 2.50. The number of para-hydroxylation sites is 1. The molecule has 240 valence electrons. The number of fused-ring (bicyclic) bond motifs is 15. The van der Waals surface area contributed by atoms with E-state index >= 15 is 0 Å². The first-order valence-corrected chi connectivity index (χ1v) is 18.0. The van der Waals surface area contributed by atoms with Crippen molar-refractivity contribution in [3.05, 3.63) is 209 Å². The van der Waals surface area contributed by atoms with E-state index in [1.54, 1.807) is 0 Å². The minimum absolute atomic E-state index is 0.0893. The lowest BCUT2D eigenvalue weighted by atomic mass is 9.70. The molecule has 3 aliphatic carbocycles. The quantitative estimate of drug-likeness (QED) is 0.184. The summed E-state index contributed by atoms with van der Waals surface area (Å²) >= 11 is 0. The molecule has 0 aromatic heterocycles. The maximum Gasteiger partial charge on any atom is 0.0726 e. The number of hydrogen-bond donors (Lipinski definition) is 0. The number of rotatable bonds is 3. The molecule has 0 saturated carbocycles. The zero-order chi connectivity index (χ0) is 33.9. The molecule has 11 rings (SSSR count). The highest BCUT2D eigenvalue weighted by molar-refractivity contribution is 6.06. The van der Waals surface area contributed by atoms with Gasteiger partial charge in [-0.25, -0.2) is 0 Å². The lowest BCUT2D eigenvalue weighted by molar-refractivity contribution is 0.660. The smallest absolute Gasteiger partial charge is 0.0726 e. The highest BCUT2D eigenvalue weighted by Crippen LogP contribution is 2.64. The summed E-state index contributed by atoms with van der Waals surface area (Å²) in [5.41, 5.74) is 19.2. The predicted molar refractivity (Wildman–Crippen MR) is 212 cm³/mol. The van der Waals surface area contributed by atoms with Crippen LogP contribution in [-0.4, -0.2) is 0 Å². The SMILES string of the molecule is CC1(C)c2ccccc2-c2ccc(N(c3ccccc3)c3ccc4c(c3)C3(c5ccccc5-4)c4ccccc4-c4c3ccc3ccccc43)cc21. The molecule has 0 saturated heterocycles. The van der Waals surface area contributed by atoms with Gasteiger partial charge in [0, 0.05) is 22.5 Å². The molecule has 0 N–H and O–H groups in total. The second-order valence-electron chi connectivity index (χ2n) is 14.9. The van der Waals surface area contributed by atoms with Gasteiger partial charge >= 0.3 is 0 Å². The Kier molecular flexibility index (Phi) is 5.72. The van der Waals surface area contributed by atoms with Crippen LogP contribution in [0.5, 0.6) is 0 Å². The average molecular weight is 650 g/mol. The van der Waals surface area contributed by atoms with Gasteiger partial charge in [0.25, 0.3) is 0 Å². The molecule has 3 aliphatic rings. The van der Waals surface area contributed by atoms with Gasteiger partial charge < -0.3 is 4.90 Å². The molecule has 1 nitrogen and oxygen atoms in total. The van der Waals surface area contributed by atoms with Gasteiger partial charge in [0.05, 0.1) is 5.41 Å². The molecule has 1 spiro atoms. The Morgan fingerprint density at radius 2 is 0.882 bits per heavy atom. The molecule has 1 atom stereocenters. The number of nitrogens with zero attached hydrogens (tertiary/aromatic N) is 1. The molecule has 0 amide bonds. The van der Waals surface area contributed by atoms with Crippen molar-refractivity contribution in [2.24, 2.45) is 0 Å². The fourth-order valence-corrected chi connectivity index (χ4v) is 9.89. The van der Waals surface area contributed by atoms with Crippen molar-refractivity contribution in [3.8, 4) is 33.4 Å². The Bertz CT molecular complexity index is 2730. The Labute approximate surface area is 299 Å². The van der Waals surface area contributed by atoms with Crippen LogP contribution in [0.15, 0.2) is 176 Å². The highest BCUT2D eigenvalue weighted by atomic mass is 15.1. The van der Waals surface area contributed by atoms with E-state index in [0.717, 1.165) is 11.4 Å². The van der Waals surface area contributed by atoms with Crippen molar-refractivity contribution in [1.82, 2.24) is 0 Å². The fourth-order valence-electron chi connectivity index (χ4n) is 9.89. The standard InChI is InChI=1S/C50H35N/c1-49(2)42-21-11-8-18-37(42)39-27-25-34(30-46(39)49)51(33-15-4-3-5-16-33)35-26-28-40-38-19-9-12-22-43(38)50(47(40)31-35)44-23-13-10-20-41(44)48-36-17-7-6-14-32(36)24-29-45(48)50/h3-31H,1-2H3. The van der Waals surface area contributed by atoms with E-state index in [1.807, 2.05) is 0 Å². The average Bonchev–Trinajstić information content (AvgIpc) is 3.74. The van der Waals surface area contributed by atoms with E-state index in [1.165, 1.54) is 83.2 Å². The summed E-state index contributed by atoms with van der Waals surface area (Å²) in [7, 11) is 0. The third-order valence-electron chi connectivity index (χ3n) is 12.1. The molecule has 1 unspecified atom stereocenters. The second kappa shape index (κ2) is 10.2. The van der Waals surface area contributed by atoms with Gasteiger partial charge in [-0.1, -0.05) is 153 Å². The van der Waals surface area contributed by atoms with E-state index < -0.39 is 5.41 Å². The first kappa shape index (κ1) is 28.6. The molecule has 0 radical (unpaired) electrons. The molecule has 51 heavy (non-hydrogen) atoms. The molecule has 0 fully saturated rings. The predicted octanol–water partition coefficient (Wildman–Crippen LogP) is 13.0. The lowest BCUT2D eigenvalue weighted by Gasteiger charge is -2.32. The van der Waals surface area contributed by atoms with Crippen molar-refractivity contribution in [1.29, 1.82) is 0 Å². The summed E-state index contributed by atoms with van der Waals surface area (Å²) in [5, 5.41) is 2.59. The second-order valence-corrected chi connectivity index (χ2v) is 14.9. The molecule has 0 bridgehead atoms. The van der Waals surface area contributed by atoms with Crippen molar-refractivity contribution < 1.29 is 0 Å². The van der Waals surface area contributed by atoms with Gasteiger partial charge in [-0.15, -0.1) is 0 Å². The fraction of sp³-hybridized carbons (Fsp3) is 0.0800. The van der Waals surface area contributed by atoms with Crippen molar-refractivity contribution in [2.45, 2.75) is 24.7 Å². The number of benzene rings is 8. The molecular formula is C50H35N. The van der Waals surface area contributed by atoms with Crippen LogP contribution in [0.2, 0.25) is 0 Å². The maximum atomic E-state index is 2.50. The van der Waals surface area contributed by atoms with E-state index in [9.17, 15) is 0 Å². The van der Waals surface area contributed by atoms with Crippen LogP contribution in [0.3, 0.4) is 0 Å². The van der Waals surface area contributed by atoms with Gasteiger partial charge in [0.15, 0.2) is 0 Å². The Hall–Kier alpha value is -6.18. The number of anilines is 3. The molecule has 8 aromatic carbocycles. The topological polar surface area (TPSA) is 3.24 Å². The Morgan fingerprint density at radius 1 is 0.353 bits per heavy atom. The zero-order valence-corrected chi connectivity index (χ0v) is 28.7. The summed E-state index contributed by atoms with van der Waals surface area (Å²) in [6.07, 6.45) is 0. The third kappa shape index (κ3) is 3.65. The third-order valence-corrected chi connectivity index (χ3v) is 12.1. The van der Waals surface area contributed by atoms with Crippen LogP contribution in [0.4, 0.5) is 17.1 Å². The molecule has 8 aromatic rings. The zero-order valence-electron chi connectivity index (χ0n) is 28.7. The Balaban J connectivity index is 1.18. The number of hydrogen-bond acceptors (Lipinski definition) is 1. The minimum Gasteiger partial charge on any atom is -0.310 e. The molecular weight excluding hydrogens is 615 g/mol. The van der Waals surface area contributed by atoms with E-state index in [2.05, 4.69) is 195 Å². The normalized spacial score (nSPS) is 16.7. The largest absolute Gasteiger partial charge is 0.310 e. The molecule has 0 aliphatic heterocycles. The molecule has 0 heterocycles. The van der Waals surface area contributed by atoms with Crippen LogP contribution in [0.1, 0.15) is 47.2 Å². The van der Waals surface area contributed by atoms with Gasteiger partial charge in [-0.05, 0) is 114 Å². The van der Waals surface area contributed by atoms with Crippen molar-refractivity contribution in [3.63, 3.8) is 0 Å². The lowest BCUT2D eigenvalue weighted by Crippen LogP contribution is -2.26. The van der Waals surface area contributed by atoms with Crippen molar-refractivity contribution >= 4 is 27.8 Å². The van der Waals surface area contributed by atoms with Gasteiger partial charge in [-0.2, -0.15) is 0 Å². The monoisotopic (exact) mass is 649 g/mol. The van der Waals surface area contributed by atoms with Crippen LogP contribution in [-0.2, 0) is 10.8 Å². The van der Waals surface area contributed by atoms with Crippen LogP contribution < -0.4 is 4.90 Å². The summed E-state index contributed by atoms with van der Waals surface area (Å²) in [6.45, 7) is 4.73. The summed E-state index contributed by atoms with van der Waals surface area (Å²) < 4.78 is 0. The highest BCUT2D eigenvalue weighted by Gasteiger charge is 2.52. The van der Waals surface area contributed by atoms with E-state index in [0.29, 0.717) is 0 Å². The first-order chi connectivity index (χ1) is 25.1. The van der Waals surface area contributed by atoms with Crippen molar-refractivity contribution in [2.75, 3.05) is 4.90 Å². The van der Waals surface area contributed by atoms with Gasteiger partial charge in [-0.3, -0.25) is 0 Å². The summed E-state index contributed by atoms with van der Waals surface area (Å²) in [4.78, 5) is 2.46. The summed E-state index contributed by atoms with van der Waals surface area (Å²) in [5.74, 6) is 0. The van der Waals surface area contributed by atoms with Crippen LogP contribution >= 0.6 is 0 Å². The van der Waals surface area contributed by atoms with Crippen LogP contribution in [0.25, 0.3) is 44.2 Å². The minimum atomic E-state index is -0.429. The summed E-state index contributed by atoms with van der Waals surface area (Å²) in [6, 6.07) is 65.9. The first-order valence-electron chi connectivity index (χ1n) is 18.0. The van der Waals surface area contributed by atoms with E-state index in [-0.39, 0.29) is 5.41 Å². The van der Waals surface area contributed by atoms with Crippen LogP contribution in [0, 0.1) is 0 Å². The van der Waals surface area contributed by atoms with Gasteiger partial charge in [0.2, 0.25) is 0 Å².